The second-order valence-corrected chi connectivity index (χ2v) is 6.52. The first-order valence-electron chi connectivity index (χ1n) is 8.82. The summed E-state index contributed by atoms with van der Waals surface area (Å²) in [5.74, 6) is 0.568. The molecule has 30 heavy (non-hydrogen) atoms. The molecule has 1 atom stereocenters. The van der Waals surface area contributed by atoms with Gasteiger partial charge in [0.05, 0.1) is 12.8 Å². The summed E-state index contributed by atoms with van der Waals surface area (Å²) in [4.78, 5) is 13.6. The zero-order chi connectivity index (χ0) is 19.7. The number of aryl methyl sites for hydroxylation is 1. The van der Waals surface area contributed by atoms with Crippen LogP contribution in [0, 0.1) is 0 Å². The molecule has 2 aromatic carbocycles. The van der Waals surface area contributed by atoms with Crippen molar-refractivity contribution in [2.75, 3.05) is 7.11 Å². The van der Waals surface area contributed by atoms with Crippen LogP contribution in [0.5, 0.6) is 5.75 Å². The molecule has 1 heterocycles. The molecule has 0 saturated heterocycles. The molecule has 0 spiro atoms. The van der Waals surface area contributed by atoms with Crippen molar-refractivity contribution < 1.29 is 9.94 Å². The number of para-hydroxylation sites is 1. The van der Waals surface area contributed by atoms with E-state index >= 15 is 0 Å². The van der Waals surface area contributed by atoms with Gasteiger partial charge in [-0.15, -0.1) is 24.8 Å². The number of benzene rings is 2. The Hall–Kier alpha value is -3.10. The summed E-state index contributed by atoms with van der Waals surface area (Å²) >= 11 is 0. The van der Waals surface area contributed by atoms with Gasteiger partial charge in [0.1, 0.15) is 5.75 Å². The molecule has 0 saturated carbocycles. The molecule has 1 aliphatic heterocycles. The van der Waals surface area contributed by atoms with Crippen molar-refractivity contribution in [3.63, 3.8) is 0 Å². The van der Waals surface area contributed by atoms with Gasteiger partial charge in [0.15, 0.2) is 11.7 Å². The summed E-state index contributed by atoms with van der Waals surface area (Å²) in [6.45, 7) is 0. The number of hydrogen-bond donors (Lipinski definition) is 3. The number of rotatable bonds is 3. The minimum Gasteiger partial charge on any atom is -0.496 e. The van der Waals surface area contributed by atoms with Crippen LogP contribution in [0.3, 0.4) is 0 Å². The van der Waals surface area contributed by atoms with Crippen molar-refractivity contribution in [1.29, 1.82) is 0 Å². The van der Waals surface area contributed by atoms with E-state index in [0.29, 0.717) is 11.3 Å². The number of halogens is 2. The van der Waals surface area contributed by atoms with E-state index in [0.717, 1.165) is 24.1 Å². The Bertz CT molecular complexity index is 1070. The van der Waals surface area contributed by atoms with Crippen molar-refractivity contribution in [3.05, 3.63) is 65.2 Å². The highest BCUT2D eigenvalue weighted by atomic mass is 35.5. The number of fused-ring (bicyclic) bond motifs is 1. The molecule has 0 amide bonds. The third-order valence-corrected chi connectivity index (χ3v) is 5.00. The number of guanidine groups is 1. The number of oxime groups is 1. The van der Waals surface area contributed by atoms with Gasteiger partial charge in [-0.2, -0.15) is 4.99 Å². The quantitative estimate of drug-likeness (QED) is 0.288. The maximum absolute atomic E-state index is 9.52. The van der Waals surface area contributed by atoms with Gasteiger partial charge in [-0.3, -0.25) is 0 Å². The first kappa shape index (κ1) is 23.2. The lowest BCUT2D eigenvalue weighted by molar-refractivity contribution is 0.314. The number of amidine groups is 2. The molecule has 0 fully saturated rings. The maximum atomic E-state index is 9.52. The largest absolute Gasteiger partial charge is 0.496 e. The van der Waals surface area contributed by atoms with E-state index < -0.39 is 5.54 Å². The van der Waals surface area contributed by atoms with E-state index in [1.54, 1.807) is 12.1 Å². The van der Waals surface area contributed by atoms with Crippen LogP contribution in [0.1, 0.15) is 23.1 Å². The summed E-state index contributed by atoms with van der Waals surface area (Å²) in [6.07, 6.45) is 1.65. The Morgan fingerprint density at radius 3 is 2.53 bits per heavy atom. The zero-order valence-electron chi connectivity index (χ0n) is 16.1. The van der Waals surface area contributed by atoms with Gasteiger partial charge in [-0.05, 0) is 30.0 Å². The van der Waals surface area contributed by atoms with Crippen LogP contribution in [0.25, 0.3) is 0 Å². The van der Waals surface area contributed by atoms with Gasteiger partial charge < -0.3 is 21.4 Å². The van der Waals surface area contributed by atoms with E-state index in [9.17, 15) is 5.21 Å². The lowest BCUT2D eigenvalue weighted by Crippen LogP contribution is -2.45. The Morgan fingerprint density at radius 2 is 1.80 bits per heavy atom. The molecule has 0 bridgehead atoms. The highest BCUT2D eigenvalue weighted by Crippen LogP contribution is 2.38. The smallest absolute Gasteiger partial charge is 0.219 e. The lowest BCUT2D eigenvalue weighted by Gasteiger charge is -2.26. The number of ether oxygens (including phenoxy) is 1. The molecule has 158 valence electrons. The minimum atomic E-state index is -1.46. The van der Waals surface area contributed by atoms with Gasteiger partial charge in [0.2, 0.25) is 11.5 Å². The van der Waals surface area contributed by atoms with Gasteiger partial charge >= 0.3 is 0 Å². The van der Waals surface area contributed by atoms with Crippen LogP contribution < -0.4 is 16.2 Å². The van der Waals surface area contributed by atoms with E-state index in [1.807, 2.05) is 30.3 Å². The zero-order valence-corrected chi connectivity index (χ0v) is 17.8. The van der Waals surface area contributed by atoms with Gasteiger partial charge in [-0.1, -0.05) is 47.6 Å². The average Bonchev–Trinajstić information content (AvgIpc) is 3.29. The molecule has 10 heteroatoms. The molecule has 1 aliphatic carbocycles. The Balaban J connectivity index is 0.00000160. The number of aliphatic imine (C=N–C) groups is 3. The summed E-state index contributed by atoms with van der Waals surface area (Å²) in [6, 6.07) is 15.2. The molecule has 5 N–H and O–H groups in total. The normalized spacial score (nSPS) is 21.2. The SMILES string of the molecule is COc1ccccc1C1(C(N)=NO)N=C(N)N=C1N=C1CCc2ccccc21.Cl.Cl. The lowest BCUT2D eigenvalue weighted by atomic mass is 9.87. The number of nitrogens with zero attached hydrogens (tertiary/aromatic N) is 4. The van der Waals surface area contributed by atoms with E-state index in [2.05, 4.69) is 21.2 Å². The first-order chi connectivity index (χ1) is 13.6. The highest BCUT2D eigenvalue weighted by molar-refractivity contribution is 6.25. The van der Waals surface area contributed by atoms with Crippen molar-refractivity contribution in [2.24, 2.45) is 31.6 Å². The fourth-order valence-corrected chi connectivity index (χ4v) is 3.70. The minimum absolute atomic E-state index is 0. The van der Waals surface area contributed by atoms with Gasteiger partial charge in [-0.25, -0.2) is 9.98 Å². The average molecular weight is 449 g/mol. The molecule has 0 radical (unpaired) electrons. The molecule has 8 nitrogen and oxygen atoms in total. The van der Waals surface area contributed by atoms with Crippen LogP contribution in [-0.4, -0.2) is 35.7 Å². The Kier molecular flexibility index (Phi) is 7.07. The van der Waals surface area contributed by atoms with E-state index in [1.165, 1.54) is 12.7 Å². The van der Waals surface area contributed by atoms with Crippen molar-refractivity contribution >= 4 is 48.2 Å². The van der Waals surface area contributed by atoms with Crippen LogP contribution in [0.2, 0.25) is 0 Å². The second-order valence-electron chi connectivity index (χ2n) is 6.52. The fourth-order valence-electron chi connectivity index (χ4n) is 3.70. The van der Waals surface area contributed by atoms with E-state index in [4.69, 9.17) is 21.2 Å². The maximum Gasteiger partial charge on any atom is 0.219 e. The van der Waals surface area contributed by atoms with Gasteiger partial charge in [0, 0.05) is 5.56 Å². The standard InChI is InChI=1S/C20H20N6O2.2ClH/c1-28-16-9-5-4-8-14(16)20(17(21)26-27)18(24-19(22)25-20)23-15-11-10-12-6-2-3-7-13(12)15;;/h2-9,27H,10-11H2,1H3,(H2,21,26)(H2,22,25);2*1H. The topological polar surface area (TPSA) is 131 Å². The summed E-state index contributed by atoms with van der Waals surface area (Å²) in [7, 11) is 1.54. The van der Waals surface area contributed by atoms with E-state index in [-0.39, 0.29) is 42.4 Å². The monoisotopic (exact) mass is 448 g/mol. The van der Waals surface area contributed by atoms with Crippen molar-refractivity contribution in [3.8, 4) is 5.75 Å². The second kappa shape index (κ2) is 9.15. The van der Waals surface area contributed by atoms with Crippen LogP contribution >= 0.6 is 24.8 Å². The third-order valence-electron chi connectivity index (χ3n) is 5.00. The Morgan fingerprint density at radius 1 is 1.10 bits per heavy atom. The summed E-state index contributed by atoms with van der Waals surface area (Å²) in [5.41, 5.74) is 14.3. The summed E-state index contributed by atoms with van der Waals surface area (Å²) in [5, 5.41) is 12.7. The van der Waals surface area contributed by atoms with Gasteiger partial charge in [0.25, 0.3) is 0 Å². The number of nitrogens with two attached hydrogens (primary N) is 2. The first-order valence-corrected chi connectivity index (χ1v) is 8.82. The Labute approximate surface area is 186 Å². The molecular weight excluding hydrogens is 427 g/mol. The molecule has 0 aromatic heterocycles. The molecule has 4 rings (SSSR count). The summed E-state index contributed by atoms with van der Waals surface area (Å²) < 4.78 is 5.48. The number of methoxy groups -OCH3 is 1. The highest BCUT2D eigenvalue weighted by Gasteiger charge is 2.49. The molecular formula is C20H22Cl2N6O2. The third kappa shape index (κ3) is 3.59. The molecule has 2 aliphatic rings. The molecule has 2 aromatic rings. The predicted octanol–water partition coefficient (Wildman–Crippen LogP) is 2.64. The number of hydrogen-bond acceptors (Lipinski definition) is 7. The van der Waals surface area contributed by atoms with Crippen LogP contribution in [0.4, 0.5) is 0 Å². The molecule has 1 unspecified atom stereocenters. The predicted molar refractivity (Wildman–Crippen MR) is 123 cm³/mol. The van der Waals surface area contributed by atoms with Crippen LogP contribution in [-0.2, 0) is 12.0 Å². The van der Waals surface area contributed by atoms with Crippen LogP contribution in [0.15, 0.2) is 68.7 Å². The van der Waals surface area contributed by atoms with Crippen molar-refractivity contribution in [2.45, 2.75) is 18.4 Å². The van der Waals surface area contributed by atoms with Crippen molar-refractivity contribution in [1.82, 2.24) is 0 Å². The fraction of sp³-hybridized carbons (Fsp3) is 0.200.